The lowest BCUT2D eigenvalue weighted by atomic mass is 9.82. The van der Waals surface area contributed by atoms with Gasteiger partial charge in [-0.05, 0) is 37.6 Å². The first-order valence-corrected chi connectivity index (χ1v) is 5.90. The smallest absolute Gasteiger partial charge is 0.316 e. The van der Waals surface area contributed by atoms with Gasteiger partial charge in [-0.1, -0.05) is 6.92 Å². The molecule has 2 fully saturated rings. The Morgan fingerprint density at radius 2 is 1.94 bits per heavy atom. The van der Waals surface area contributed by atoms with Crippen molar-refractivity contribution < 1.29 is 13.2 Å². The standard InChI is InChI=1S/C11H19F3N2/c1-9(3-2-6-15-7-9)8-16-10(4-5-10)11(12,13)14/h15-16H,2-8H2,1H3. The van der Waals surface area contributed by atoms with Crippen LogP contribution in [0, 0.1) is 5.41 Å². The SMILES string of the molecule is CC1(CNC2(C(F)(F)F)CC2)CCCNC1. The molecule has 2 rings (SSSR count). The zero-order valence-electron chi connectivity index (χ0n) is 9.58. The summed E-state index contributed by atoms with van der Waals surface area (Å²) in [5.41, 5.74) is -1.59. The lowest BCUT2D eigenvalue weighted by Crippen LogP contribution is -2.52. The molecule has 1 saturated heterocycles. The van der Waals surface area contributed by atoms with Crippen LogP contribution in [0.25, 0.3) is 0 Å². The third-order valence-electron chi connectivity index (χ3n) is 3.83. The van der Waals surface area contributed by atoms with Crippen LogP contribution in [-0.2, 0) is 0 Å². The molecular formula is C11H19F3N2. The van der Waals surface area contributed by atoms with Crippen molar-refractivity contribution in [2.75, 3.05) is 19.6 Å². The molecule has 16 heavy (non-hydrogen) atoms. The molecule has 1 aliphatic carbocycles. The fourth-order valence-electron chi connectivity index (χ4n) is 2.34. The second kappa shape index (κ2) is 3.88. The summed E-state index contributed by atoms with van der Waals surface area (Å²) in [7, 11) is 0. The van der Waals surface area contributed by atoms with Crippen LogP contribution < -0.4 is 10.6 Å². The molecule has 0 aromatic rings. The number of piperidine rings is 1. The third-order valence-corrected chi connectivity index (χ3v) is 3.83. The Kier molecular flexibility index (Phi) is 2.95. The van der Waals surface area contributed by atoms with Gasteiger partial charge in [0.25, 0.3) is 0 Å². The van der Waals surface area contributed by atoms with Crippen molar-refractivity contribution >= 4 is 0 Å². The Morgan fingerprint density at radius 3 is 2.38 bits per heavy atom. The minimum absolute atomic E-state index is 0.0287. The fraction of sp³-hybridized carbons (Fsp3) is 1.00. The maximum absolute atomic E-state index is 12.7. The Hall–Kier alpha value is -0.290. The highest BCUT2D eigenvalue weighted by Crippen LogP contribution is 2.49. The summed E-state index contributed by atoms with van der Waals surface area (Å²) < 4.78 is 38.1. The molecule has 1 saturated carbocycles. The van der Waals surface area contributed by atoms with Crippen molar-refractivity contribution in [2.45, 2.75) is 44.3 Å². The molecule has 94 valence electrons. The van der Waals surface area contributed by atoms with Gasteiger partial charge in [0.2, 0.25) is 0 Å². The van der Waals surface area contributed by atoms with Gasteiger partial charge in [0, 0.05) is 13.1 Å². The molecule has 1 atom stereocenters. The van der Waals surface area contributed by atoms with E-state index in [1.54, 1.807) is 0 Å². The van der Waals surface area contributed by atoms with E-state index in [0.717, 1.165) is 25.9 Å². The van der Waals surface area contributed by atoms with Crippen LogP contribution in [-0.4, -0.2) is 31.3 Å². The molecule has 1 heterocycles. The zero-order valence-corrected chi connectivity index (χ0v) is 9.58. The summed E-state index contributed by atoms with van der Waals surface area (Å²) in [6, 6.07) is 0. The molecular weight excluding hydrogens is 217 g/mol. The molecule has 0 aromatic heterocycles. The van der Waals surface area contributed by atoms with E-state index < -0.39 is 11.7 Å². The van der Waals surface area contributed by atoms with Crippen LogP contribution in [0.1, 0.15) is 32.6 Å². The number of nitrogens with one attached hydrogen (secondary N) is 2. The molecule has 1 unspecified atom stereocenters. The van der Waals surface area contributed by atoms with Gasteiger partial charge in [-0.25, -0.2) is 0 Å². The Bertz CT molecular complexity index is 252. The molecule has 0 bridgehead atoms. The maximum Gasteiger partial charge on any atom is 0.406 e. The van der Waals surface area contributed by atoms with Crippen LogP contribution in [0.2, 0.25) is 0 Å². The van der Waals surface area contributed by atoms with E-state index in [4.69, 9.17) is 0 Å². The largest absolute Gasteiger partial charge is 0.406 e. The number of halogens is 3. The van der Waals surface area contributed by atoms with Crippen LogP contribution in [0.15, 0.2) is 0 Å². The second-order valence-electron chi connectivity index (χ2n) is 5.52. The van der Waals surface area contributed by atoms with Crippen molar-refractivity contribution in [2.24, 2.45) is 5.41 Å². The summed E-state index contributed by atoms with van der Waals surface area (Å²) in [6.07, 6.45) is -1.57. The van der Waals surface area contributed by atoms with Gasteiger partial charge in [0.05, 0.1) is 0 Å². The number of hydrogen-bond donors (Lipinski definition) is 2. The molecule has 2 N–H and O–H groups in total. The highest BCUT2D eigenvalue weighted by Gasteiger charge is 2.63. The van der Waals surface area contributed by atoms with Gasteiger partial charge >= 0.3 is 6.18 Å². The van der Waals surface area contributed by atoms with Crippen LogP contribution in [0.5, 0.6) is 0 Å². The summed E-state index contributed by atoms with van der Waals surface area (Å²) >= 11 is 0. The lowest BCUT2D eigenvalue weighted by Gasteiger charge is -2.36. The number of hydrogen-bond acceptors (Lipinski definition) is 2. The normalized spacial score (nSPS) is 33.8. The van der Waals surface area contributed by atoms with Crippen molar-refractivity contribution in [3.05, 3.63) is 0 Å². The van der Waals surface area contributed by atoms with E-state index in [9.17, 15) is 13.2 Å². The Labute approximate surface area is 94.0 Å². The molecule has 0 aromatic carbocycles. The van der Waals surface area contributed by atoms with Gasteiger partial charge in [-0.3, -0.25) is 0 Å². The predicted molar refractivity (Wildman–Crippen MR) is 56.2 cm³/mol. The van der Waals surface area contributed by atoms with E-state index >= 15 is 0 Å². The van der Waals surface area contributed by atoms with Gasteiger partial charge in [-0.2, -0.15) is 13.2 Å². The van der Waals surface area contributed by atoms with E-state index in [1.807, 2.05) is 0 Å². The first kappa shape index (κ1) is 12.2. The highest BCUT2D eigenvalue weighted by molar-refractivity contribution is 5.08. The third kappa shape index (κ3) is 2.35. The average Bonchev–Trinajstić information content (AvgIpc) is 2.96. The molecule has 0 radical (unpaired) electrons. The molecule has 5 heteroatoms. The Morgan fingerprint density at radius 1 is 1.25 bits per heavy atom. The van der Waals surface area contributed by atoms with E-state index in [-0.39, 0.29) is 18.3 Å². The molecule has 0 spiro atoms. The first-order chi connectivity index (χ1) is 7.37. The van der Waals surface area contributed by atoms with Gasteiger partial charge in [0.1, 0.15) is 5.54 Å². The number of rotatable bonds is 3. The monoisotopic (exact) mass is 236 g/mol. The van der Waals surface area contributed by atoms with Crippen LogP contribution >= 0.6 is 0 Å². The summed E-state index contributed by atoms with van der Waals surface area (Å²) in [5, 5.41) is 6.00. The first-order valence-electron chi connectivity index (χ1n) is 5.90. The van der Waals surface area contributed by atoms with Crippen molar-refractivity contribution in [1.29, 1.82) is 0 Å². The van der Waals surface area contributed by atoms with Gasteiger partial charge < -0.3 is 10.6 Å². The van der Waals surface area contributed by atoms with E-state index in [1.165, 1.54) is 0 Å². The topological polar surface area (TPSA) is 24.1 Å². The summed E-state index contributed by atoms with van der Waals surface area (Å²) in [6.45, 7) is 4.31. The molecule has 1 aliphatic heterocycles. The van der Waals surface area contributed by atoms with Crippen molar-refractivity contribution in [3.63, 3.8) is 0 Å². The second-order valence-corrected chi connectivity index (χ2v) is 5.52. The van der Waals surface area contributed by atoms with Crippen LogP contribution in [0.4, 0.5) is 13.2 Å². The van der Waals surface area contributed by atoms with Gasteiger partial charge in [-0.15, -0.1) is 0 Å². The average molecular weight is 236 g/mol. The van der Waals surface area contributed by atoms with Gasteiger partial charge in [0.15, 0.2) is 0 Å². The highest BCUT2D eigenvalue weighted by atomic mass is 19.4. The molecule has 2 nitrogen and oxygen atoms in total. The minimum atomic E-state index is -4.09. The lowest BCUT2D eigenvalue weighted by molar-refractivity contribution is -0.167. The minimum Gasteiger partial charge on any atom is -0.316 e. The van der Waals surface area contributed by atoms with Crippen LogP contribution in [0.3, 0.4) is 0 Å². The van der Waals surface area contributed by atoms with Crippen molar-refractivity contribution in [1.82, 2.24) is 10.6 Å². The Balaban J connectivity index is 1.87. The quantitative estimate of drug-likeness (QED) is 0.783. The fourth-order valence-corrected chi connectivity index (χ4v) is 2.34. The van der Waals surface area contributed by atoms with E-state index in [2.05, 4.69) is 17.6 Å². The van der Waals surface area contributed by atoms with E-state index in [0.29, 0.717) is 6.54 Å². The van der Waals surface area contributed by atoms with Crippen molar-refractivity contribution in [3.8, 4) is 0 Å². The summed E-state index contributed by atoms with van der Waals surface area (Å²) in [4.78, 5) is 0. The molecule has 2 aliphatic rings. The predicted octanol–water partition coefficient (Wildman–Crippen LogP) is 2.06. The zero-order chi connectivity index (χ0) is 11.9. The maximum atomic E-state index is 12.7. The summed E-state index contributed by atoms with van der Waals surface area (Å²) in [5.74, 6) is 0. The number of alkyl halides is 3. The molecule has 0 amide bonds.